The molecule has 0 saturated heterocycles. The molecule has 0 fully saturated rings. The van der Waals surface area contributed by atoms with E-state index in [1.165, 1.54) is 6.07 Å². The van der Waals surface area contributed by atoms with E-state index in [4.69, 9.17) is 5.73 Å². The number of hydrogen-bond acceptors (Lipinski definition) is 3. The molecular weight excluding hydrogens is 106 g/mol. The molecule has 4 nitrogen and oxygen atoms in total. The van der Waals surface area contributed by atoms with Crippen molar-refractivity contribution in [1.82, 2.24) is 9.97 Å². The molecule has 41 valence electrons. The summed E-state index contributed by atoms with van der Waals surface area (Å²) < 4.78 is 0. The highest BCUT2D eigenvalue weighted by Gasteiger charge is 1.89. The molecule has 0 aliphatic rings. The summed E-state index contributed by atoms with van der Waals surface area (Å²) in [6, 6.07) is 1.17. The summed E-state index contributed by atoms with van der Waals surface area (Å²) in [7, 11) is 0. The average Bonchev–Trinajstić information content (AvgIpc) is 1.64. The summed E-state index contributed by atoms with van der Waals surface area (Å²) in [5.74, 6) is -0.137. The lowest BCUT2D eigenvalue weighted by atomic mass is 10.6. The minimum Gasteiger partial charge on any atom is -0.383 e. The van der Waals surface area contributed by atoms with Crippen molar-refractivity contribution in [2.45, 2.75) is 0 Å². The van der Waals surface area contributed by atoms with Gasteiger partial charge in [0, 0.05) is 6.07 Å². The van der Waals surface area contributed by atoms with Gasteiger partial charge in [0.2, 0.25) is 0 Å². The average molecular weight is 110 g/mol. The van der Waals surface area contributed by atoms with Crippen LogP contribution < -0.4 is 5.73 Å². The van der Waals surface area contributed by atoms with Gasteiger partial charge in [0.05, 0.1) is 0 Å². The van der Waals surface area contributed by atoms with Gasteiger partial charge < -0.3 is 5.73 Å². The third-order valence-electron chi connectivity index (χ3n) is 0.663. The van der Waals surface area contributed by atoms with Gasteiger partial charge in [-0.15, -0.1) is 0 Å². The van der Waals surface area contributed by atoms with Crippen LogP contribution in [-0.2, 0) is 5.11 Å². The molecule has 0 atom stereocenters. The zero-order valence-corrected chi connectivity index (χ0v) is 4.03. The first kappa shape index (κ1) is 4.83. The van der Waals surface area contributed by atoms with E-state index in [1.54, 1.807) is 0 Å². The summed E-state index contributed by atoms with van der Waals surface area (Å²) >= 11 is 0. The predicted molar refractivity (Wildman–Crippen MR) is 26.6 cm³/mol. The molecule has 0 amide bonds. The maximum Gasteiger partial charge on any atom is 0.274 e. The summed E-state index contributed by atoms with van der Waals surface area (Å²) in [5, 5.41) is 10.3. The molecule has 0 spiro atoms. The van der Waals surface area contributed by atoms with Gasteiger partial charge in [-0.1, -0.05) is 0 Å². The smallest absolute Gasteiger partial charge is 0.274 e. The SMILES string of the molecule is Nc1cc([O])ncn1. The molecule has 4 heteroatoms. The van der Waals surface area contributed by atoms with Crippen LogP contribution in [0.1, 0.15) is 0 Å². The lowest BCUT2D eigenvalue weighted by Crippen LogP contribution is -1.88. The Kier molecular flexibility index (Phi) is 0.997. The van der Waals surface area contributed by atoms with Crippen molar-refractivity contribution in [1.29, 1.82) is 0 Å². The van der Waals surface area contributed by atoms with E-state index in [0.29, 0.717) is 0 Å². The molecule has 1 heterocycles. The first-order valence-corrected chi connectivity index (χ1v) is 2.03. The quantitative estimate of drug-likeness (QED) is 0.518. The van der Waals surface area contributed by atoms with Crippen molar-refractivity contribution >= 4 is 5.82 Å². The zero-order chi connectivity index (χ0) is 5.98. The second kappa shape index (κ2) is 1.65. The first-order valence-electron chi connectivity index (χ1n) is 2.03. The van der Waals surface area contributed by atoms with E-state index in [9.17, 15) is 5.11 Å². The summed E-state index contributed by atoms with van der Waals surface area (Å²) in [4.78, 5) is 6.80. The fourth-order valence-corrected chi connectivity index (χ4v) is 0.353. The minimum atomic E-state index is -0.350. The van der Waals surface area contributed by atoms with Crippen LogP contribution in [0.2, 0.25) is 0 Å². The van der Waals surface area contributed by atoms with Gasteiger partial charge in [0.15, 0.2) is 0 Å². The molecule has 0 aliphatic carbocycles. The normalized spacial score (nSPS) is 9.00. The summed E-state index contributed by atoms with van der Waals surface area (Å²) in [6.45, 7) is 0. The van der Waals surface area contributed by atoms with Gasteiger partial charge in [0.1, 0.15) is 12.1 Å². The number of anilines is 1. The fraction of sp³-hybridized carbons (Fsp3) is 0. The van der Waals surface area contributed by atoms with E-state index in [1.807, 2.05) is 0 Å². The van der Waals surface area contributed by atoms with Crippen LogP contribution >= 0.6 is 0 Å². The van der Waals surface area contributed by atoms with Gasteiger partial charge in [-0.2, -0.15) is 4.98 Å². The maximum atomic E-state index is 10.3. The standard InChI is InChI=1S/C4H4N3O/c5-3-1-4(8)7-2-6-3/h1-2H,(H2,5,6,7). The van der Waals surface area contributed by atoms with Gasteiger partial charge in [-0.25, -0.2) is 4.98 Å². The van der Waals surface area contributed by atoms with Crippen molar-refractivity contribution < 1.29 is 5.11 Å². The Hall–Kier alpha value is -1.32. The highest BCUT2D eigenvalue weighted by Crippen LogP contribution is 2.03. The van der Waals surface area contributed by atoms with E-state index >= 15 is 0 Å². The highest BCUT2D eigenvalue weighted by atomic mass is 16.3. The number of nitrogens with two attached hydrogens (primary N) is 1. The Balaban J connectivity index is 3.08. The van der Waals surface area contributed by atoms with Gasteiger partial charge in [-0.3, -0.25) is 5.11 Å². The van der Waals surface area contributed by atoms with Gasteiger partial charge in [0.25, 0.3) is 5.88 Å². The van der Waals surface area contributed by atoms with Crippen LogP contribution in [0.25, 0.3) is 0 Å². The Morgan fingerprint density at radius 3 is 2.62 bits per heavy atom. The Bertz CT molecular complexity index is 171. The lowest BCUT2D eigenvalue weighted by molar-refractivity contribution is 0.337. The molecule has 0 bridgehead atoms. The largest absolute Gasteiger partial charge is 0.383 e. The zero-order valence-electron chi connectivity index (χ0n) is 4.03. The number of hydrogen-bond donors (Lipinski definition) is 1. The minimum absolute atomic E-state index is 0.213. The van der Waals surface area contributed by atoms with Crippen molar-refractivity contribution in [3.8, 4) is 5.88 Å². The molecule has 1 radical (unpaired) electrons. The number of nitrogens with zero attached hydrogens (tertiary/aromatic N) is 2. The second-order valence-electron chi connectivity index (χ2n) is 1.28. The molecule has 2 N–H and O–H groups in total. The fourth-order valence-electron chi connectivity index (χ4n) is 0.353. The molecule has 1 aromatic heterocycles. The van der Waals surface area contributed by atoms with Crippen molar-refractivity contribution in [3.05, 3.63) is 12.4 Å². The van der Waals surface area contributed by atoms with E-state index in [-0.39, 0.29) is 11.7 Å². The van der Waals surface area contributed by atoms with Crippen LogP contribution in [0.4, 0.5) is 5.82 Å². The molecule has 1 aromatic rings. The van der Waals surface area contributed by atoms with Crippen LogP contribution in [0.15, 0.2) is 12.4 Å². The van der Waals surface area contributed by atoms with Crippen LogP contribution in [-0.4, -0.2) is 9.97 Å². The monoisotopic (exact) mass is 110 g/mol. The first-order chi connectivity index (χ1) is 3.79. The number of aromatic nitrogens is 2. The Morgan fingerprint density at radius 1 is 1.50 bits per heavy atom. The Morgan fingerprint density at radius 2 is 2.25 bits per heavy atom. The molecule has 1 rings (SSSR count). The van der Waals surface area contributed by atoms with Crippen molar-refractivity contribution in [2.75, 3.05) is 5.73 Å². The number of rotatable bonds is 0. The molecule has 0 aromatic carbocycles. The molecule has 0 saturated carbocycles. The summed E-state index contributed by atoms with van der Waals surface area (Å²) in [5.41, 5.74) is 5.11. The third-order valence-corrected chi connectivity index (χ3v) is 0.663. The van der Waals surface area contributed by atoms with Crippen LogP contribution in [0, 0.1) is 0 Å². The lowest BCUT2D eigenvalue weighted by Gasteiger charge is -1.85. The van der Waals surface area contributed by atoms with E-state index in [0.717, 1.165) is 6.33 Å². The molecule has 0 aliphatic heterocycles. The van der Waals surface area contributed by atoms with Gasteiger partial charge >= 0.3 is 0 Å². The second-order valence-corrected chi connectivity index (χ2v) is 1.28. The third kappa shape index (κ3) is 0.841. The number of nitrogen functional groups attached to an aromatic ring is 1. The highest BCUT2D eigenvalue weighted by molar-refractivity contribution is 5.29. The van der Waals surface area contributed by atoms with Crippen molar-refractivity contribution in [2.24, 2.45) is 0 Å². The van der Waals surface area contributed by atoms with Gasteiger partial charge in [-0.05, 0) is 0 Å². The molecule has 8 heavy (non-hydrogen) atoms. The molecule has 0 unspecified atom stereocenters. The van der Waals surface area contributed by atoms with Crippen LogP contribution in [0.5, 0.6) is 5.88 Å². The summed E-state index contributed by atoms with van der Waals surface area (Å²) in [6.07, 6.45) is 1.14. The molecular formula is C4H4N3O. The van der Waals surface area contributed by atoms with E-state index < -0.39 is 0 Å². The topological polar surface area (TPSA) is 71.7 Å². The van der Waals surface area contributed by atoms with Crippen LogP contribution in [0.3, 0.4) is 0 Å². The van der Waals surface area contributed by atoms with E-state index in [2.05, 4.69) is 9.97 Å². The Labute approximate surface area is 46.0 Å². The van der Waals surface area contributed by atoms with Crippen molar-refractivity contribution in [3.63, 3.8) is 0 Å². The predicted octanol–water partition coefficient (Wildman–Crippen LogP) is 0.203. The maximum absolute atomic E-state index is 10.3.